The monoisotopic (exact) mass is 401 g/mol. The molecule has 0 radical (unpaired) electrons. The van der Waals surface area contributed by atoms with E-state index in [4.69, 9.17) is 10.8 Å². The van der Waals surface area contributed by atoms with Crippen LogP contribution in [0.25, 0.3) is 0 Å². The highest BCUT2D eigenvalue weighted by Gasteiger charge is 2.47. The van der Waals surface area contributed by atoms with E-state index in [1.54, 1.807) is 34.4 Å². The lowest BCUT2D eigenvalue weighted by Crippen LogP contribution is -2.38. The lowest BCUT2D eigenvalue weighted by Gasteiger charge is -2.35. The van der Waals surface area contributed by atoms with Gasteiger partial charge < -0.3 is 5.73 Å². The number of hydrogen-bond acceptors (Lipinski definition) is 8. The lowest BCUT2D eigenvalue weighted by molar-refractivity contribution is 0.525. The van der Waals surface area contributed by atoms with Crippen molar-refractivity contribution < 1.29 is 0 Å². The predicted molar refractivity (Wildman–Crippen MR) is 112 cm³/mol. The van der Waals surface area contributed by atoms with Crippen molar-refractivity contribution in [3.63, 3.8) is 0 Å². The van der Waals surface area contributed by atoms with E-state index in [0.29, 0.717) is 6.54 Å². The fourth-order valence-electron chi connectivity index (χ4n) is 2.99. The molecule has 1 atom stereocenters. The predicted octanol–water partition coefficient (Wildman–Crippen LogP) is 4.41. The minimum Gasteiger partial charge on any atom is -0.330 e. The Balaban J connectivity index is 1.84. The summed E-state index contributed by atoms with van der Waals surface area (Å²) < 4.78 is 0. The molecular weight excluding hydrogens is 382 g/mol. The minimum atomic E-state index is -0.357. The molecule has 1 aliphatic heterocycles. The molecule has 0 saturated heterocycles. The van der Waals surface area contributed by atoms with Crippen LogP contribution in [0.1, 0.15) is 29.0 Å². The standard InChI is InChI=1S/C18H19N5S3/c1-13-20-21-17(25-13)23-18(9-5-10-19,15-6-3-2-4-7-15)26-16(22-23)14-8-11-24-12-14/h2-4,6-8,11-12H,5,9-10,19H2,1H3. The number of aryl methyl sites for hydroxylation is 1. The van der Waals surface area contributed by atoms with Gasteiger partial charge >= 0.3 is 0 Å². The third-order valence-corrected chi connectivity index (χ3v) is 7.17. The largest absolute Gasteiger partial charge is 0.330 e. The molecule has 0 aliphatic carbocycles. The van der Waals surface area contributed by atoms with Gasteiger partial charge in [0.05, 0.1) is 0 Å². The number of hydrogen-bond donors (Lipinski definition) is 1. The SMILES string of the molecule is Cc1nnc(N2N=C(c3ccsc3)SC2(CCCN)c2ccccc2)s1. The molecule has 0 spiro atoms. The summed E-state index contributed by atoms with van der Waals surface area (Å²) >= 11 is 5.04. The van der Waals surface area contributed by atoms with Crippen molar-refractivity contribution in [1.29, 1.82) is 0 Å². The molecule has 0 bridgehead atoms. The average Bonchev–Trinajstić information content (AvgIpc) is 3.40. The van der Waals surface area contributed by atoms with Gasteiger partial charge in [-0.25, -0.2) is 5.01 Å². The molecule has 4 rings (SSSR count). The first kappa shape index (κ1) is 17.7. The van der Waals surface area contributed by atoms with Crippen LogP contribution in [0.4, 0.5) is 5.13 Å². The second kappa shape index (κ2) is 7.48. The van der Waals surface area contributed by atoms with Crippen molar-refractivity contribution in [3.05, 3.63) is 63.3 Å². The zero-order valence-electron chi connectivity index (χ0n) is 14.3. The van der Waals surface area contributed by atoms with Crippen molar-refractivity contribution in [2.24, 2.45) is 10.8 Å². The number of thioether (sulfide) groups is 1. The Kier molecular flexibility index (Phi) is 5.08. The Labute approximate surface area is 165 Å². The van der Waals surface area contributed by atoms with Gasteiger partial charge in [-0.15, -0.1) is 10.2 Å². The van der Waals surface area contributed by atoms with Crippen LogP contribution in [0, 0.1) is 6.92 Å². The van der Waals surface area contributed by atoms with Crippen molar-refractivity contribution in [3.8, 4) is 0 Å². The number of nitrogens with two attached hydrogens (primary N) is 1. The van der Waals surface area contributed by atoms with E-state index in [1.807, 2.05) is 13.0 Å². The highest BCUT2D eigenvalue weighted by molar-refractivity contribution is 8.15. The molecule has 8 heteroatoms. The summed E-state index contributed by atoms with van der Waals surface area (Å²) in [4.78, 5) is -0.357. The number of benzene rings is 1. The molecule has 0 amide bonds. The number of aromatic nitrogens is 2. The van der Waals surface area contributed by atoms with Crippen LogP contribution in [0.2, 0.25) is 0 Å². The third kappa shape index (κ3) is 3.18. The van der Waals surface area contributed by atoms with Crippen molar-refractivity contribution in [1.82, 2.24) is 10.2 Å². The summed E-state index contributed by atoms with van der Waals surface area (Å²) in [5, 5.41) is 22.6. The summed E-state index contributed by atoms with van der Waals surface area (Å²) in [6, 6.07) is 12.6. The lowest BCUT2D eigenvalue weighted by atomic mass is 10.0. The average molecular weight is 402 g/mol. The zero-order valence-corrected chi connectivity index (χ0v) is 16.8. The molecule has 3 aromatic rings. The van der Waals surface area contributed by atoms with E-state index in [2.05, 4.69) is 56.3 Å². The molecular formula is C18H19N5S3. The summed E-state index contributed by atoms with van der Waals surface area (Å²) in [5.74, 6) is 0. The second-order valence-electron chi connectivity index (χ2n) is 5.98. The molecule has 26 heavy (non-hydrogen) atoms. The van der Waals surface area contributed by atoms with Gasteiger partial charge in [0.1, 0.15) is 14.9 Å². The smallest absolute Gasteiger partial charge is 0.230 e. The van der Waals surface area contributed by atoms with Gasteiger partial charge in [-0.1, -0.05) is 53.4 Å². The van der Waals surface area contributed by atoms with Crippen LogP contribution in [-0.4, -0.2) is 21.8 Å². The van der Waals surface area contributed by atoms with E-state index in [-0.39, 0.29) is 4.87 Å². The summed E-state index contributed by atoms with van der Waals surface area (Å²) in [6.45, 7) is 2.61. The molecule has 2 aromatic heterocycles. The quantitative estimate of drug-likeness (QED) is 0.662. The summed E-state index contributed by atoms with van der Waals surface area (Å²) in [5.41, 5.74) is 8.23. The van der Waals surface area contributed by atoms with Crippen molar-refractivity contribution >= 4 is 44.6 Å². The van der Waals surface area contributed by atoms with Crippen LogP contribution >= 0.6 is 34.4 Å². The van der Waals surface area contributed by atoms with Crippen LogP contribution in [0.5, 0.6) is 0 Å². The van der Waals surface area contributed by atoms with Crippen LogP contribution < -0.4 is 10.7 Å². The molecule has 2 N–H and O–H groups in total. The fraction of sp³-hybridized carbons (Fsp3) is 0.278. The van der Waals surface area contributed by atoms with E-state index in [9.17, 15) is 0 Å². The first-order valence-corrected chi connectivity index (χ1v) is 11.0. The van der Waals surface area contributed by atoms with Crippen LogP contribution in [0.15, 0.2) is 52.3 Å². The normalized spacial score (nSPS) is 19.8. The van der Waals surface area contributed by atoms with Gasteiger partial charge in [-0.3, -0.25) is 0 Å². The Morgan fingerprint density at radius 1 is 1.15 bits per heavy atom. The van der Waals surface area contributed by atoms with Crippen molar-refractivity contribution in [2.45, 2.75) is 24.6 Å². The molecule has 0 fully saturated rings. The minimum absolute atomic E-state index is 0.357. The fourth-order valence-corrected chi connectivity index (χ4v) is 5.87. The highest BCUT2D eigenvalue weighted by atomic mass is 32.2. The Hall–Kier alpha value is -1.74. The number of anilines is 1. The molecule has 1 unspecified atom stereocenters. The zero-order chi connectivity index (χ0) is 18.0. The maximum absolute atomic E-state index is 5.87. The molecule has 0 saturated carbocycles. The first-order chi connectivity index (χ1) is 12.7. The number of hydrazone groups is 1. The van der Waals surface area contributed by atoms with Gasteiger partial charge in [0.15, 0.2) is 0 Å². The van der Waals surface area contributed by atoms with Gasteiger partial charge in [0.2, 0.25) is 5.13 Å². The van der Waals surface area contributed by atoms with E-state index in [0.717, 1.165) is 33.6 Å². The van der Waals surface area contributed by atoms with Gasteiger partial charge in [-0.2, -0.15) is 16.4 Å². The number of nitrogens with zero attached hydrogens (tertiary/aromatic N) is 4. The Bertz CT molecular complexity index is 891. The maximum Gasteiger partial charge on any atom is 0.230 e. The summed E-state index contributed by atoms with van der Waals surface area (Å²) in [7, 11) is 0. The van der Waals surface area contributed by atoms with Gasteiger partial charge in [0.25, 0.3) is 0 Å². The highest BCUT2D eigenvalue weighted by Crippen LogP contribution is 2.52. The maximum atomic E-state index is 5.87. The second-order valence-corrected chi connectivity index (χ2v) is 9.18. The van der Waals surface area contributed by atoms with E-state index in [1.165, 1.54) is 5.56 Å². The molecule has 1 aromatic carbocycles. The van der Waals surface area contributed by atoms with Gasteiger partial charge in [0, 0.05) is 10.9 Å². The Morgan fingerprint density at radius 3 is 2.65 bits per heavy atom. The third-order valence-electron chi connectivity index (χ3n) is 4.21. The Morgan fingerprint density at radius 2 is 2.00 bits per heavy atom. The first-order valence-electron chi connectivity index (χ1n) is 8.39. The van der Waals surface area contributed by atoms with Crippen LogP contribution in [-0.2, 0) is 4.87 Å². The van der Waals surface area contributed by atoms with E-state index < -0.39 is 0 Å². The molecule has 1 aliphatic rings. The van der Waals surface area contributed by atoms with Crippen molar-refractivity contribution in [2.75, 3.05) is 11.6 Å². The summed E-state index contributed by atoms with van der Waals surface area (Å²) in [6.07, 6.45) is 1.79. The molecule has 134 valence electrons. The molecule has 5 nitrogen and oxygen atoms in total. The van der Waals surface area contributed by atoms with Gasteiger partial charge in [-0.05, 0) is 43.3 Å². The van der Waals surface area contributed by atoms with Crippen LogP contribution in [0.3, 0.4) is 0 Å². The number of thiophene rings is 1. The topological polar surface area (TPSA) is 67.4 Å². The number of rotatable bonds is 6. The van der Waals surface area contributed by atoms with E-state index >= 15 is 0 Å². The molecule has 3 heterocycles.